The van der Waals surface area contributed by atoms with Crippen molar-refractivity contribution in [3.8, 4) is 34.1 Å². The number of methoxy groups -OCH3 is 1. The third kappa shape index (κ3) is 9.94. The number of esters is 1. The number of hydrogen-bond donors (Lipinski definition) is 2. The minimum absolute atomic E-state index is 0.323. The van der Waals surface area contributed by atoms with Gasteiger partial charge in [-0.3, -0.25) is 4.79 Å². The lowest BCUT2D eigenvalue weighted by molar-refractivity contribution is 0.0730. The Hall–Kier alpha value is -5.10. The molecule has 0 aliphatic rings. The molecule has 4 aromatic carbocycles. The number of aldehydes is 1. The van der Waals surface area contributed by atoms with Crippen molar-refractivity contribution in [3.63, 3.8) is 0 Å². The first-order valence-electron chi connectivity index (χ1n) is 14.8. The summed E-state index contributed by atoms with van der Waals surface area (Å²) in [7, 11) is 1.64. The van der Waals surface area contributed by atoms with Crippen LogP contribution < -0.4 is 30.4 Å². The molecule has 250 valence electrons. The van der Waals surface area contributed by atoms with Crippen LogP contribution in [-0.4, -0.2) is 39.1 Å². The Kier molecular flexibility index (Phi) is 14.0. The van der Waals surface area contributed by atoms with Crippen molar-refractivity contribution < 1.29 is 46.1 Å². The van der Waals surface area contributed by atoms with Crippen molar-refractivity contribution in [3.05, 3.63) is 101 Å². The highest BCUT2D eigenvalue weighted by Gasteiger charge is 2.23. The zero-order chi connectivity index (χ0) is 34.3. The predicted octanol–water partition coefficient (Wildman–Crippen LogP) is 7.52. The van der Waals surface area contributed by atoms with Gasteiger partial charge in [0.05, 0.1) is 25.9 Å². The van der Waals surface area contributed by atoms with Crippen LogP contribution in [0.2, 0.25) is 0 Å². The normalized spacial score (nSPS) is 10.4. The van der Waals surface area contributed by atoms with Crippen LogP contribution in [0.5, 0.6) is 23.0 Å². The Bertz CT molecular complexity index is 1600. The Morgan fingerprint density at radius 3 is 1.83 bits per heavy atom. The summed E-state index contributed by atoms with van der Waals surface area (Å²) in [6, 6.07) is 20.4. The van der Waals surface area contributed by atoms with Crippen molar-refractivity contribution in [1.82, 2.24) is 0 Å². The van der Waals surface area contributed by atoms with Crippen molar-refractivity contribution in [2.24, 2.45) is 5.73 Å². The van der Waals surface area contributed by atoms with Gasteiger partial charge in [0.2, 0.25) is 0 Å². The summed E-state index contributed by atoms with van der Waals surface area (Å²) in [5, 5.41) is 0. The average molecular weight is 657 g/mol. The molecule has 0 aromatic heterocycles. The molecule has 0 fully saturated rings. The molecule has 4 rings (SSSR count). The van der Waals surface area contributed by atoms with Crippen LogP contribution in [0, 0.1) is 23.3 Å². The summed E-state index contributed by atoms with van der Waals surface area (Å²) in [6.45, 7) is 3.69. The van der Waals surface area contributed by atoms with Crippen LogP contribution in [0.1, 0.15) is 53.3 Å². The van der Waals surface area contributed by atoms with E-state index in [9.17, 15) is 27.2 Å². The molecule has 0 heterocycles. The molecule has 0 spiro atoms. The first-order valence-corrected chi connectivity index (χ1v) is 14.8. The van der Waals surface area contributed by atoms with Crippen LogP contribution in [0.15, 0.2) is 66.7 Å². The molecule has 0 unspecified atom stereocenters. The molecule has 0 amide bonds. The molecule has 12 heteroatoms. The highest BCUT2D eigenvalue weighted by Crippen LogP contribution is 2.29. The summed E-state index contributed by atoms with van der Waals surface area (Å²) in [5.74, 6) is -5.23. The summed E-state index contributed by atoms with van der Waals surface area (Å²) in [6.07, 6.45) is 3.58. The van der Waals surface area contributed by atoms with E-state index in [4.69, 9.17) is 24.7 Å². The summed E-state index contributed by atoms with van der Waals surface area (Å²) < 4.78 is 72.8. The summed E-state index contributed by atoms with van der Waals surface area (Å²) in [5.41, 5.74) is 10.1. The van der Waals surface area contributed by atoms with Gasteiger partial charge in [-0.25, -0.2) is 22.4 Å². The van der Waals surface area contributed by atoms with Gasteiger partial charge in [-0.1, -0.05) is 44.0 Å². The Labute approximate surface area is 270 Å². The number of nitrogens with two attached hydrogens (primary N) is 2. The molecule has 0 bridgehead atoms. The van der Waals surface area contributed by atoms with Crippen LogP contribution >= 0.6 is 0 Å². The second-order valence-electron chi connectivity index (χ2n) is 10.0. The second-order valence-corrected chi connectivity index (χ2v) is 10.0. The lowest BCUT2D eigenvalue weighted by atomic mass is 10.1. The summed E-state index contributed by atoms with van der Waals surface area (Å²) >= 11 is 0. The minimum atomic E-state index is -1.79. The number of ether oxygens (including phenoxy) is 4. The predicted molar refractivity (Wildman–Crippen MR) is 170 cm³/mol. The Morgan fingerprint density at radius 2 is 1.30 bits per heavy atom. The number of anilines is 1. The highest BCUT2D eigenvalue weighted by molar-refractivity contribution is 5.94. The SMILES string of the molecule is CCCCCOc1ccc(C(=O)Oc2ccc(-c3ccc(OC)cc3)cc2)c(OCCCN)c1.Nc1c(F)c(F)c(C=O)c(F)c1F. The number of halogens is 4. The second kappa shape index (κ2) is 18.1. The molecule has 0 saturated heterocycles. The number of unbranched alkanes of at least 4 members (excludes halogenated alkanes) is 2. The maximum absolute atomic E-state index is 12.9. The van der Waals surface area contributed by atoms with Crippen LogP contribution in [-0.2, 0) is 0 Å². The first kappa shape index (κ1) is 36.4. The molecule has 0 atom stereocenters. The molecule has 0 saturated carbocycles. The third-order valence-electron chi connectivity index (χ3n) is 6.73. The van der Waals surface area contributed by atoms with Gasteiger partial charge in [-0.05, 0) is 66.9 Å². The summed E-state index contributed by atoms with van der Waals surface area (Å²) in [4.78, 5) is 22.9. The molecular formula is C35H36F4N2O6. The van der Waals surface area contributed by atoms with Crippen LogP contribution in [0.4, 0.5) is 23.2 Å². The third-order valence-corrected chi connectivity index (χ3v) is 6.73. The van der Waals surface area contributed by atoms with Crippen molar-refractivity contribution >= 4 is 17.9 Å². The lowest BCUT2D eigenvalue weighted by Gasteiger charge is -2.14. The molecule has 47 heavy (non-hydrogen) atoms. The molecule has 0 aliphatic heterocycles. The van der Waals surface area contributed by atoms with Gasteiger partial charge in [-0.2, -0.15) is 0 Å². The topological polar surface area (TPSA) is 123 Å². The van der Waals surface area contributed by atoms with E-state index in [0.29, 0.717) is 49.0 Å². The van der Waals surface area contributed by atoms with E-state index < -0.39 is 40.5 Å². The van der Waals surface area contributed by atoms with E-state index in [1.165, 1.54) is 0 Å². The van der Waals surface area contributed by atoms with Gasteiger partial charge in [-0.15, -0.1) is 0 Å². The monoisotopic (exact) mass is 656 g/mol. The zero-order valence-electron chi connectivity index (χ0n) is 26.0. The van der Waals surface area contributed by atoms with Gasteiger partial charge < -0.3 is 30.4 Å². The van der Waals surface area contributed by atoms with Crippen LogP contribution in [0.3, 0.4) is 0 Å². The molecule has 0 aliphatic carbocycles. The number of carbonyl (C=O) groups excluding carboxylic acids is 2. The number of carbonyl (C=O) groups is 2. The maximum atomic E-state index is 12.9. The maximum Gasteiger partial charge on any atom is 0.347 e. The van der Waals surface area contributed by atoms with Gasteiger partial charge in [0, 0.05) is 6.07 Å². The van der Waals surface area contributed by atoms with Gasteiger partial charge in [0.25, 0.3) is 0 Å². The van der Waals surface area contributed by atoms with E-state index in [1.807, 2.05) is 36.4 Å². The van der Waals surface area contributed by atoms with Crippen molar-refractivity contribution in [1.29, 1.82) is 0 Å². The molecule has 4 N–H and O–H groups in total. The van der Waals surface area contributed by atoms with E-state index in [0.717, 1.165) is 36.1 Å². The largest absolute Gasteiger partial charge is 0.497 e. The standard InChI is InChI=1S/C28H33NO5.C7H3F4NO/c1-3-4-5-18-32-25-15-16-26(27(20-25)33-19-6-17-29)28(30)34-24-13-9-22(10-14-24)21-7-11-23(31-2)12-8-21;8-3-2(1-13)4(9)6(11)7(12)5(3)10/h7-16,20H,3-6,17-19,29H2,1-2H3;1H,12H2. The van der Waals surface area contributed by atoms with E-state index in [1.54, 1.807) is 37.4 Å². The number of nitrogen functional groups attached to an aromatic ring is 1. The highest BCUT2D eigenvalue weighted by atomic mass is 19.2. The fourth-order valence-corrected chi connectivity index (χ4v) is 4.12. The molecule has 0 radical (unpaired) electrons. The van der Waals surface area contributed by atoms with Gasteiger partial charge >= 0.3 is 5.97 Å². The number of hydrogen-bond acceptors (Lipinski definition) is 8. The van der Waals surface area contributed by atoms with Crippen molar-refractivity contribution in [2.75, 3.05) is 32.6 Å². The molecule has 4 aromatic rings. The Morgan fingerprint density at radius 1 is 0.745 bits per heavy atom. The number of rotatable bonds is 14. The average Bonchev–Trinajstić information content (AvgIpc) is 3.09. The Balaban J connectivity index is 0.000000386. The quantitative estimate of drug-likeness (QED) is 0.0272. The smallest absolute Gasteiger partial charge is 0.347 e. The molecule has 8 nitrogen and oxygen atoms in total. The van der Waals surface area contributed by atoms with Crippen LogP contribution in [0.25, 0.3) is 11.1 Å². The van der Waals surface area contributed by atoms with Crippen molar-refractivity contribution in [2.45, 2.75) is 32.6 Å². The number of benzene rings is 4. The zero-order valence-corrected chi connectivity index (χ0v) is 26.0. The van der Waals surface area contributed by atoms with Gasteiger partial charge in [0.1, 0.15) is 34.2 Å². The fraction of sp³-hybridized carbons (Fsp3) is 0.257. The lowest BCUT2D eigenvalue weighted by Crippen LogP contribution is -2.13. The van der Waals surface area contributed by atoms with Gasteiger partial charge in [0.15, 0.2) is 29.6 Å². The molecular weight excluding hydrogens is 620 g/mol. The fourth-order valence-electron chi connectivity index (χ4n) is 4.12. The minimum Gasteiger partial charge on any atom is -0.497 e. The van der Waals surface area contributed by atoms with E-state index in [2.05, 4.69) is 12.7 Å². The van der Waals surface area contributed by atoms with E-state index >= 15 is 0 Å². The first-order chi connectivity index (χ1) is 22.6. The van der Waals surface area contributed by atoms with E-state index in [-0.39, 0.29) is 6.29 Å².